The molecule has 0 aliphatic rings. The molecule has 0 aliphatic carbocycles. The lowest BCUT2D eigenvalue weighted by molar-refractivity contribution is 0.227. The van der Waals surface area contributed by atoms with E-state index in [2.05, 4.69) is 15.6 Å². The minimum absolute atomic E-state index is 0.267. The van der Waals surface area contributed by atoms with Crippen LogP contribution in [-0.4, -0.2) is 11.0 Å². The van der Waals surface area contributed by atoms with Crippen molar-refractivity contribution in [3.8, 4) is 5.75 Å². The van der Waals surface area contributed by atoms with Crippen molar-refractivity contribution in [2.75, 3.05) is 16.4 Å². The van der Waals surface area contributed by atoms with Crippen molar-refractivity contribution in [3.63, 3.8) is 0 Å². The van der Waals surface area contributed by atoms with E-state index in [0.29, 0.717) is 16.5 Å². The van der Waals surface area contributed by atoms with Gasteiger partial charge in [0.25, 0.3) is 0 Å². The molecule has 0 fully saturated rings. The van der Waals surface area contributed by atoms with E-state index in [9.17, 15) is 4.79 Å². The van der Waals surface area contributed by atoms with Crippen molar-refractivity contribution in [2.24, 2.45) is 0 Å². The van der Waals surface area contributed by atoms with Crippen molar-refractivity contribution >= 4 is 34.8 Å². The van der Waals surface area contributed by atoms with Crippen LogP contribution >= 0.6 is 11.6 Å². The highest BCUT2D eigenvalue weighted by molar-refractivity contribution is 6.30. The fraction of sp³-hybridized carbons (Fsp3) is 0.143. The molecular weight excluding hydrogens is 376 g/mol. The number of rotatable bonds is 5. The molecule has 0 radical (unpaired) electrons. The second-order valence-electron chi connectivity index (χ2n) is 6.37. The number of carbonyl (C=O) groups is 1. The minimum Gasteiger partial charge on any atom is -0.482 e. The molecule has 0 saturated carbocycles. The summed E-state index contributed by atoms with van der Waals surface area (Å²) in [5.74, 6) is 0.679. The predicted molar refractivity (Wildman–Crippen MR) is 113 cm³/mol. The van der Waals surface area contributed by atoms with Gasteiger partial charge in [-0.3, -0.25) is 0 Å². The number of ether oxygens (including phenoxy) is 1. The van der Waals surface area contributed by atoms with Crippen LogP contribution in [0.2, 0.25) is 5.02 Å². The molecule has 3 aromatic rings. The van der Waals surface area contributed by atoms with Crippen molar-refractivity contribution in [2.45, 2.75) is 20.0 Å². The van der Waals surface area contributed by atoms with E-state index < -0.39 is 0 Å². The second kappa shape index (κ2) is 8.63. The van der Waals surface area contributed by atoms with Crippen LogP contribution in [0.25, 0.3) is 0 Å². The smallest absolute Gasteiger partial charge is 0.323 e. The van der Waals surface area contributed by atoms with Gasteiger partial charge in [0.2, 0.25) is 0 Å². The Morgan fingerprint density at radius 1 is 1.11 bits per heavy atom. The van der Waals surface area contributed by atoms with E-state index in [0.717, 1.165) is 16.8 Å². The van der Waals surface area contributed by atoms with Crippen LogP contribution in [0.3, 0.4) is 0 Å². The monoisotopic (exact) mass is 396 g/mol. The number of halogens is 1. The van der Waals surface area contributed by atoms with Crippen molar-refractivity contribution < 1.29 is 9.53 Å². The largest absolute Gasteiger partial charge is 0.482 e. The van der Waals surface area contributed by atoms with Gasteiger partial charge in [0.1, 0.15) is 6.10 Å². The predicted octanol–water partition coefficient (Wildman–Crippen LogP) is 5.41. The molecule has 0 unspecified atom stereocenters. The SMILES string of the molecule is Cc1ccc(NC(=O)Nc2cccc([C@@H](C)Oc3cc(Cl)cnc3N)c2)cc1. The molecule has 6 nitrogen and oxygen atoms in total. The van der Waals surface area contributed by atoms with Gasteiger partial charge >= 0.3 is 6.03 Å². The van der Waals surface area contributed by atoms with Gasteiger partial charge < -0.3 is 21.1 Å². The Bertz CT molecular complexity index is 976. The van der Waals surface area contributed by atoms with E-state index in [1.165, 1.54) is 6.20 Å². The van der Waals surface area contributed by atoms with E-state index in [1.54, 1.807) is 12.1 Å². The third-order valence-corrected chi connectivity index (χ3v) is 4.28. The van der Waals surface area contributed by atoms with Gasteiger partial charge in [0.05, 0.1) is 5.02 Å². The summed E-state index contributed by atoms with van der Waals surface area (Å²) < 4.78 is 5.88. The highest BCUT2D eigenvalue weighted by atomic mass is 35.5. The van der Waals surface area contributed by atoms with Gasteiger partial charge in [0, 0.05) is 23.6 Å². The number of benzene rings is 2. The minimum atomic E-state index is -0.321. The first kappa shape index (κ1) is 19.5. The first-order valence-electron chi connectivity index (χ1n) is 8.73. The normalized spacial score (nSPS) is 11.5. The van der Waals surface area contributed by atoms with Crippen molar-refractivity contribution in [3.05, 3.63) is 76.9 Å². The fourth-order valence-electron chi connectivity index (χ4n) is 2.58. The molecule has 28 heavy (non-hydrogen) atoms. The zero-order valence-corrected chi connectivity index (χ0v) is 16.3. The highest BCUT2D eigenvalue weighted by Gasteiger charge is 2.12. The Morgan fingerprint density at radius 2 is 1.82 bits per heavy atom. The topological polar surface area (TPSA) is 89.3 Å². The Morgan fingerprint density at radius 3 is 2.57 bits per heavy atom. The van der Waals surface area contributed by atoms with Crippen molar-refractivity contribution in [1.82, 2.24) is 4.98 Å². The molecule has 4 N–H and O–H groups in total. The number of pyridine rings is 1. The molecule has 144 valence electrons. The van der Waals surface area contributed by atoms with Crippen LogP contribution in [0.5, 0.6) is 5.75 Å². The van der Waals surface area contributed by atoms with E-state index in [-0.39, 0.29) is 18.0 Å². The first-order chi connectivity index (χ1) is 13.4. The van der Waals surface area contributed by atoms with Gasteiger partial charge in [-0.2, -0.15) is 0 Å². The third kappa shape index (κ3) is 5.14. The lowest BCUT2D eigenvalue weighted by Gasteiger charge is -2.17. The Hall–Kier alpha value is -3.25. The van der Waals surface area contributed by atoms with Crippen LogP contribution in [0.1, 0.15) is 24.2 Å². The van der Waals surface area contributed by atoms with Crippen LogP contribution in [0, 0.1) is 6.92 Å². The number of hydrogen-bond donors (Lipinski definition) is 3. The summed E-state index contributed by atoms with van der Waals surface area (Å²) in [6, 6.07) is 16.3. The number of nitrogens with two attached hydrogens (primary N) is 1. The average molecular weight is 397 g/mol. The van der Waals surface area contributed by atoms with Crippen LogP contribution in [0.4, 0.5) is 22.0 Å². The molecule has 0 saturated heterocycles. The maximum Gasteiger partial charge on any atom is 0.323 e. The molecule has 0 aliphatic heterocycles. The van der Waals surface area contributed by atoms with Gasteiger partial charge in [-0.25, -0.2) is 9.78 Å². The van der Waals surface area contributed by atoms with Crippen LogP contribution < -0.4 is 21.1 Å². The zero-order chi connectivity index (χ0) is 20.1. The average Bonchev–Trinajstić information content (AvgIpc) is 2.66. The summed E-state index contributed by atoms with van der Waals surface area (Å²) in [7, 11) is 0. The number of aromatic nitrogens is 1. The van der Waals surface area contributed by atoms with Gasteiger partial charge in [-0.15, -0.1) is 0 Å². The van der Waals surface area contributed by atoms with Crippen molar-refractivity contribution in [1.29, 1.82) is 0 Å². The summed E-state index contributed by atoms with van der Waals surface area (Å²) >= 11 is 5.95. The van der Waals surface area contributed by atoms with Crippen LogP contribution in [0.15, 0.2) is 60.8 Å². The number of nitrogen functional groups attached to an aromatic ring is 1. The number of hydrogen-bond acceptors (Lipinski definition) is 4. The summed E-state index contributed by atoms with van der Waals surface area (Å²) in [4.78, 5) is 16.2. The maximum atomic E-state index is 12.2. The van der Waals surface area contributed by atoms with Crippen LogP contribution in [-0.2, 0) is 0 Å². The fourth-order valence-corrected chi connectivity index (χ4v) is 2.73. The van der Waals surface area contributed by atoms with Gasteiger partial charge in [-0.1, -0.05) is 41.4 Å². The van der Waals surface area contributed by atoms with E-state index >= 15 is 0 Å². The Balaban J connectivity index is 1.66. The summed E-state index contributed by atoms with van der Waals surface area (Å²) in [5, 5.41) is 6.06. The quantitative estimate of drug-likeness (QED) is 0.537. The molecule has 1 atom stereocenters. The zero-order valence-electron chi connectivity index (χ0n) is 15.6. The molecule has 3 rings (SSSR count). The molecular formula is C21H21ClN4O2. The molecule has 0 bridgehead atoms. The molecule has 1 aromatic heterocycles. The second-order valence-corrected chi connectivity index (χ2v) is 6.80. The number of nitrogens with zero attached hydrogens (tertiary/aromatic N) is 1. The first-order valence-corrected chi connectivity index (χ1v) is 9.11. The third-order valence-electron chi connectivity index (χ3n) is 4.08. The van der Waals surface area contributed by atoms with Gasteiger partial charge in [-0.05, 0) is 43.7 Å². The number of carbonyl (C=O) groups excluding carboxylic acids is 1. The number of aryl methyl sites for hydroxylation is 1. The summed E-state index contributed by atoms with van der Waals surface area (Å²) in [6.07, 6.45) is 1.15. The molecule has 0 spiro atoms. The van der Waals surface area contributed by atoms with E-state index in [4.69, 9.17) is 22.1 Å². The number of urea groups is 1. The summed E-state index contributed by atoms with van der Waals surface area (Å²) in [6.45, 7) is 3.87. The Kier molecular flexibility index (Phi) is 6.01. The highest BCUT2D eigenvalue weighted by Crippen LogP contribution is 2.29. The lowest BCUT2D eigenvalue weighted by atomic mass is 10.1. The summed E-state index contributed by atoms with van der Waals surface area (Å²) in [5.41, 5.74) is 9.20. The number of nitrogens with one attached hydrogen (secondary N) is 2. The van der Waals surface area contributed by atoms with Gasteiger partial charge in [0.15, 0.2) is 11.6 Å². The number of anilines is 3. The standard InChI is InChI=1S/C21H21ClN4O2/c1-13-6-8-17(9-7-13)25-21(27)26-18-5-3-4-15(10-18)14(2)28-19-11-16(22)12-24-20(19)23/h3-12,14H,1-2H3,(H2,23,24)(H2,25,26,27)/t14-/m1/s1. The molecule has 7 heteroatoms. The number of amides is 2. The molecule has 1 heterocycles. The lowest BCUT2D eigenvalue weighted by Crippen LogP contribution is -2.19. The molecule has 2 amide bonds. The maximum absolute atomic E-state index is 12.2. The molecule has 2 aromatic carbocycles. The van der Waals surface area contributed by atoms with E-state index in [1.807, 2.05) is 56.3 Å². The Labute approximate surface area is 168 Å².